The fraction of sp³-hybridized carbons (Fsp3) is 0.625. The molecule has 0 aliphatic carbocycles. The summed E-state index contributed by atoms with van der Waals surface area (Å²) in [5.74, 6) is 1.38. The van der Waals surface area contributed by atoms with Crippen LogP contribution in [0.5, 0.6) is 5.75 Å². The van der Waals surface area contributed by atoms with Gasteiger partial charge in [-0.2, -0.15) is 0 Å². The van der Waals surface area contributed by atoms with Gasteiger partial charge in [-0.25, -0.2) is 0 Å². The number of aliphatic hydroxyl groups excluding tert-OH is 1. The van der Waals surface area contributed by atoms with Crippen LogP contribution in [-0.2, 0) is 4.74 Å². The van der Waals surface area contributed by atoms with E-state index < -0.39 is 6.10 Å². The van der Waals surface area contributed by atoms with E-state index in [9.17, 15) is 5.11 Å². The predicted molar refractivity (Wildman–Crippen MR) is 82.4 cm³/mol. The summed E-state index contributed by atoms with van der Waals surface area (Å²) < 4.78 is 10.9. The predicted octanol–water partition coefficient (Wildman–Crippen LogP) is 2.92. The molecule has 2 N–H and O–H groups in total. The Morgan fingerprint density at radius 2 is 1.90 bits per heavy atom. The molecule has 0 radical (unpaired) electrons. The van der Waals surface area contributed by atoms with Crippen LogP contribution in [0.15, 0.2) is 24.3 Å². The molecule has 0 heterocycles. The summed E-state index contributed by atoms with van der Waals surface area (Å²) in [6, 6.07) is 7.65. The van der Waals surface area contributed by atoms with Crippen LogP contribution in [-0.4, -0.2) is 37.6 Å². The van der Waals surface area contributed by atoms with Crippen LogP contribution in [0.1, 0.15) is 27.2 Å². The highest BCUT2D eigenvalue weighted by Crippen LogP contribution is 2.22. The van der Waals surface area contributed by atoms with E-state index in [-0.39, 0.29) is 6.10 Å². The van der Waals surface area contributed by atoms with E-state index in [1.165, 1.54) is 0 Å². The molecule has 0 aliphatic heterocycles. The number of aliphatic hydroxyl groups is 1. The summed E-state index contributed by atoms with van der Waals surface area (Å²) in [5.41, 5.74) is 0.879. The average molecular weight is 281 g/mol. The fourth-order valence-corrected chi connectivity index (χ4v) is 2.08. The zero-order valence-corrected chi connectivity index (χ0v) is 12.9. The summed E-state index contributed by atoms with van der Waals surface area (Å²) in [5, 5.41) is 13.1. The Kier molecular flexibility index (Phi) is 7.41. The van der Waals surface area contributed by atoms with Gasteiger partial charge in [-0.3, -0.25) is 0 Å². The maximum absolute atomic E-state index is 9.93. The Morgan fingerprint density at radius 1 is 1.20 bits per heavy atom. The molecular weight excluding hydrogens is 254 g/mol. The Balaban J connectivity index is 2.31. The normalized spacial score (nSPS) is 14.1. The van der Waals surface area contributed by atoms with Gasteiger partial charge in [0.1, 0.15) is 5.75 Å². The van der Waals surface area contributed by atoms with Crippen LogP contribution in [0, 0.1) is 5.92 Å². The first-order valence-electron chi connectivity index (χ1n) is 7.19. The number of hydrogen-bond acceptors (Lipinski definition) is 4. The molecule has 0 amide bonds. The SMILES string of the molecule is COc1ccccc1NCC(O)COC(C)CC(C)C. The van der Waals surface area contributed by atoms with E-state index in [4.69, 9.17) is 9.47 Å². The zero-order chi connectivity index (χ0) is 15.0. The van der Waals surface area contributed by atoms with Gasteiger partial charge in [0.15, 0.2) is 0 Å². The van der Waals surface area contributed by atoms with E-state index in [1.54, 1.807) is 7.11 Å². The molecule has 0 bridgehead atoms. The van der Waals surface area contributed by atoms with Gasteiger partial charge in [0.2, 0.25) is 0 Å². The second kappa shape index (κ2) is 8.82. The molecule has 0 saturated carbocycles. The molecule has 1 aromatic carbocycles. The fourth-order valence-electron chi connectivity index (χ4n) is 2.08. The van der Waals surface area contributed by atoms with E-state index in [0.717, 1.165) is 17.9 Å². The van der Waals surface area contributed by atoms with E-state index in [2.05, 4.69) is 19.2 Å². The molecule has 0 saturated heterocycles. The van der Waals surface area contributed by atoms with Gasteiger partial charge in [-0.1, -0.05) is 26.0 Å². The van der Waals surface area contributed by atoms with Crippen molar-refractivity contribution >= 4 is 5.69 Å². The van der Waals surface area contributed by atoms with Crippen molar-refractivity contribution in [2.24, 2.45) is 5.92 Å². The van der Waals surface area contributed by atoms with Crippen molar-refractivity contribution in [2.45, 2.75) is 39.4 Å². The lowest BCUT2D eigenvalue weighted by molar-refractivity contribution is -0.00444. The van der Waals surface area contributed by atoms with Crippen molar-refractivity contribution in [3.05, 3.63) is 24.3 Å². The maximum atomic E-state index is 9.93. The lowest BCUT2D eigenvalue weighted by Gasteiger charge is -2.19. The molecule has 1 rings (SSSR count). The summed E-state index contributed by atoms with van der Waals surface area (Å²) in [7, 11) is 1.63. The van der Waals surface area contributed by atoms with Crippen molar-refractivity contribution in [3.8, 4) is 5.75 Å². The molecule has 0 aliphatic rings. The van der Waals surface area contributed by atoms with Gasteiger partial charge in [0.05, 0.1) is 31.6 Å². The first kappa shape index (κ1) is 16.8. The molecule has 1 aromatic rings. The minimum Gasteiger partial charge on any atom is -0.495 e. The minimum atomic E-state index is -0.533. The number of methoxy groups -OCH3 is 1. The lowest BCUT2D eigenvalue weighted by atomic mass is 10.1. The lowest BCUT2D eigenvalue weighted by Crippen LogP contribution is -2.27. The molecule has 4 heteroatoms. The first-order chi connectivity index (χ1) is 9.52. The number of ether oxygens (including phenoxy) is 2. The second-order valence-electron chi connectivity index (χ2n) is 5.51. The molecular formula is C16H27NO3. The van der Waals surface area contributed by atoms with Gasteiger partial charge in [0.25, 0.3) is 0 Å². The van der Waals surface area contributed by atoms with Gasteiger partial charge in [0, 0.05) is 6.54 Å². The van der Waals surface area contributed by atoms with E-state index >= 15 is 0 Å². The number of para-hydroxylation sites is 2. The number of benzene rings is 1. The van der Waals surface area contributed by atoms with Crippen molar-refractivity contribution in [1.82, 2.24) is 0 Å². The molecule has 2 unspecified atom stereocenters. The van der Waals surface area contributed by atoms with Crippen molar-refractivity contribution in [3.63, 3.8) is 0 Å². The van der Waals surface area contributed by atoms with Gasteiger partial charge >= 0.3 is 0 Å². The van der Waals surface area contributed by atoms with Crippen LogP contribution in [0.25, 0.3) is 0 Å². The quantitative estimate of drug-likeness (QED) is 0.731. The number of hydrogen-bond donors (Lipinski definition) is 2. The monoisotopic (exact) mass is 281 g/mol. The van der Waals surface area contributed by atoms with Crippen LogP contribution < -0.4 is 10.1 Å². The largest absolute Gasteiger partial charge is 0.495 e. The Hall–Kier alpha value is -1.26. The van der Waals surface area contributed by atoms with Gasteiger partial charge < -0.3 is 19.9 Å². The van der Waals surface area contributed by atoms with Gasteiger partial charge in [-0.15, -0.1) is 0 Å². The van der Waals surface area contributed by atoms with Gasteiger partial charge in [-0.05, 0) is 31.4 Å². The van der Waals surface area contributed by atoms with Crippen molar-refractivity contribution in [1.29, 1.82) is 0 Å². The van der Waals surface area contributed by atoms with Crippen molar-refractivity contribution in [2.75, 3.05) is 25.6 Å². The number of anilines is 1. The number of rotatable bonds is 9. The third-order valence-electron chi connectivity index (χ3n) is 3.01. The Labute approximate surface area is 122 Å². The standard InChI is InChI=1S/C16H27NO3/c1-12(2)9-13(3)20-11-14(18)10-17-15-7-5-6-8-16(15)19-4/h5-8,12-14,17-18H,9-11H2,1-4H3. The third-order valence-corrected chi connectivity index (χ3v) is 3.01. The molecule has 4 nitrogen and oxygen atoms in total. The molecule has 2 atom stereocenters. The maximum Gasteiger partial charge on any atom is 0.141 e. The van der Waals surface area contributed by atoms with E-state index in [0.29, 0.717) is 19.1 Å². The summed E-state index contributed by atoms with van der Waals surface area (Å²) in [6.45, 7) is 7.16. The Bertz CT molecular complexity index is 382. The topological polar surface area (TPSA) is 50.7 Å². The summed E-state index contributed by atoms with van der Waals surface area (Å²) >= 11 is 0. The first-order valence-corrected chi connectivity index (χ1v) is 7.19. The van der Waals surface area contributed by atoms with Crippen LogP contribution in [0.2, 0.25) is 0 Å². The molecule has 0 fully saturated rings. The second-order valence-corrected chi connectivity index (χ2v) is 5.51. The van der Waals surface area contributed by atoms with Crippen molar-refractivity contribution < 1.29 is 14.6 Å². The highest BCUT2D eigenvalue weighted by Gasteiger charge is 2.10. The van der Waals surface area contributed by atoms with E-state index in [1.807, 2.05) is 31.2 Å². The molecule has 20 heavy (non-hydrogen) atoms. The number of nitrogens with one attached hydrogen (secondary N) is 1. The van der Waals surface area contributed by atoms with Crippen LogP contribution >= 0.6 is 0 Å². The average Bonchev–Trinajstić information content (AvgIpc) is 2.42. The van der Waals surface area contributed by atoms with Crippen LogP contribution in [0.4, 0.5) is 5.69 Å². The molecule has 0 aromatic heterocycles. The minimum absolute atomic E-state index is 0.177. The summed E-state index contributed by atoms with van der Waals surface area (Å²) in [4.78, 5) is 0. The highest BCUT2D eigenvalue weighted by atomic mass is 16.5. The molecule has 114 valence electrons. The summed E-state index contributed by atoms with van der Waals surface area (Å²) in [6.07, 6.45) is 0.651. The van der Waals surface area contributed by atoms with Crippen LogP contribution in [0.3, 0.4) is 0 Å². The zero-order valence-electron chi connectivity index (χ0n) is 12.9. The highest BCUT2D eigenvalue weighted by molar-refractivity contribution is 5.56. The molecule has 0 spiro atoms. The Morgan fingerprint density at radius 3 is 2.55 bits per heavy atom. The third kappa shape index (κ3) is 6.26. The smallest absolute Gasteiger partial charge is 0.141 e.